The molecule has 1 fully saturated rings. The van der Waals surface area contributed by atoms with Crippen LogP contribution in [0.15, 0.2) is 54.7 Å². The zero-order valence-corrected chi connectivity index (χ0v) is 19.7. The Balaban J connectivity index is 1.39. The van der Waals surface area contributed by atoms with E-state index in [2.05, 4.69) is 15.6 Å². The van der Waals surface area contributed by atoms with Gasteiger partial charge in [-0.2, -0.15) is 0 Å². The molecule has 2 N–H and O–H groups in total. The van der Waals surface area contributed by atoms with Crippen molar-refractivity contribution in [3.63, 3.8) is 0 Å². The van der Waals surface area contributed by atoms with Gasteiger partial charge in [-0.25, -0.2) is 14.8 Å². The molecule has 1 aliphatic carbocycles. The number of halogens is 2. The van der Waals surface area contributed by atoms with Gasteiger partial charge in [0.1, 0.15) is 5.69 Å². The molecule has 0 unspecified atom stereocenters. The molecule has 0 radical (unpaired) electrons. The van der Waals surface area contributed by atoms with E-state index in [0.29, 0.717) is 47.2 Å². The van der Waals surface area contributed by atoms with Crippen LogP contribution in [0.1, 0.15) is 32.1 Å². The van der Waals surface area contributed by atoms with Crippen molar-refractivity contribution >= 4 is 29.2 Å². The number of ether oxygens (including phenoxy) is 1. The van der Waals surface area contributed by atoms with Gasteiger partial charge in [-0.05, 0) is 43.5 Å². The quantitative estimate of drug-likeness (QED) is 0.377. The van der Waals surface area contributed by atoms with Crippen molar-refractivity contribution in [2.75, 3.05) is 13.2 Å². The summed E-state index contributed by atoms with van der Waals surface area (Å²) < 4.78 is 5.82. The van der Waals surface area contributed by atoms with Crippen LogP contribution in [-0.2, 0) is 0 Å². The second-order valence-electron chi connectivity index (χ2n) is 8.00. The largest absolute Gasteiger partial charge is 0.476 e. The monoisotopic (exact) mass is 484 g/mol. The lowest BCUT2D eigenvalue weighted by molar-refractivity contribution is 0.235. The lowest BCUT2D eigenvalue weighted by Crippen LogP contribution is -2.41. The molecule has 6 nitrogen and oxygen atoms in total. The average molecular weight is 485 g/mol. The standard InChI is InChI=1S/C25H26Cl2N4O2/c26-19-10-6-17(7-11-19)23-24(18-8-12-20(27)13-9-18)31-22(16-29-23)33-15-3-14-28-25(32)30-21-4-1-2-5-21/h6-13,16,21H,1-5,14-15H2,(H2,28,30,32). The smallest absolute Gasteiger partial charge is 0.315 e. The van der Waals surface area contributed by atoms with Crippen molar-refractivity contribution in [1.29, 1.82) is 0 Å². The van der Waals surface area contributed by atoms with E-state index in [-0.39, 0.29) is 6.03 Å². The van der Waals surface area contributed by atoms with E-state index in [1.807, 2.05) is 48.5 Å². The van der Waals surface area contributed by atoms with Crippen molar-refractivity contribution in [1.82, 2.24) is 20.6 Å². The highest BCUT2D eigenvalue weighted by Gasteiger charge is 2.17. The number of aromatic nitrogens is 2. The maximum Gasteiger partial charge on any atom is 0.315 e. The minimum Gasteiger partial charge on any atom is -0.476 e. The third-order valence-corrected chi connectivity index (χ3v) is 6.04. The zero-order chi connectivity index (χ0) is 23.0. The summed E-state index contributed by atoms with van der Waals surface area (Å²) in [5, 5.41) is 7.20. The molecule has 2 amide bonds. The topological polar surface area (TPSA) is 76.1 Å². The van der Waals surface area contributed by atoms with Crippen LogP contribution in [0.2, 0.25) is 10.0 Å². The van der Waals surface area contributed by atoms with Crippen LogP contribution in [0.4, 0.5) is 4.79 Å². The number of carbonyl (C=O) groups is 1. The molecule has 33 heavy (non-hydrogen) atoms. The van der Waals surface area contributed by atoms with E-state index in [9.17, 15) is 4.79 Å². The number of benzene rings is 2. The summed E-state index contributed by atoms with van der Waals surface area (Å²) in [6.45, 7) is 0.942. The summed E-state index contributed by atoms with van der Waals surface area (Å²) >= 11 is 12.1. The van der Waals surface area contributed by atoms with Gasteiger partial charge in [0.2, 0.25) is 5.88 Å². The molecule has 1 saturated carbocycles. The third kappa shape index (κ3) is 6.59. The van der Waals surface area contributed by atoms with Crippen LogP contribution < -0.4 is 15.4 Å². The van der Waals surface area contributed by atoms with Gasteiger partial charge in [-0.3, -0.25) is 0 Å². The highest BCUT2D eigenvalue weighted by Crippen LogP contribution is 2.31. The van der Waals surface area contributed by atoms with Crippen LogP contribution >= 0.6 is 23.2 Å². The van der Waals surface area contributed by atoms with Gasteiger partial charge < -0.3 is 15.4 Å². The maximum atomic E-state index is 11.9. The predicted molar refractivity (Wildman–Crippen MR) is 132 cm³/mol. The molecule has 0 bridgehead atoms. The van der Waals surface area contributed by atoms with Gasteiger partial charge in [0.25, 0.3) is 0 Å². The first-order valence-corrected chi connectivity index (χ1v) is 11.9. The Bertz CT molecular complexity index is 1070. The van der Waals surface area contributed by atoms with Crippen molar-refractivity contribution < 1.29 is 9.53 Å². The number of nitrogens with zero attached hydrogens (tertiary/aromatic N) is 2. The van der Waals surface area contributed by atoms with Crippen LogP contribution in [-0.4, -0.2) is 35.2 Å². The summed E-state index contributed by atoms with van der Waals surface area (Å²) in [6, 6.07) is 15.1. The molecule has 4 rings (SSSR count). The van der Waals surface area contributed by atoms with Gasteiger partial charge in [0.15, 0.2) is 0 Å². The number of rotatable bonds is 8. The van der Waals surface area contributed by atoms with Gasteiger partial charge in [-0.1, -0.05) is 60.3 Å². The van der Waals surface area contributed by atoms with E-state index < -0.39 is 0 Å². The Morgan fingerprint density at radius 2 is 1.55 bits per heavy atom. The van der Waals surface area contributed by atoms with Crippen LogP contribution in [0, 0.1) is 0 Å². The number of urea groups is 1. The SMILES string of the molecule is O=C(NCCCOc1cnc(-c2ccc(Cl)cc2)c(-c2ccc(Cl)cc2)n1)NC1CCCC1. The summed E-state index contributed by atoms with van der Waals surface area (Å²) in [5.74, 6) is 0.424. The fourth-order valence-electron chi connectivity index (χ4n) is 3.83. The first-order chi connectivity index (χ1) is 16.1. The summed E-state index contributed by atoms with van der Waals surface area (Å²) in [5.41, 5.74) is 3.21. The maximum absolute atomic E-state index is 11.9. The predicted octanol–water partition coefficient (Wildman–Crippen LogP) is 6.13. The Morgan fingerprint density at radius 1 is 0.939 bits per heavy atom. The van der Waals surface area contributed by atoms with Gasteiger partial charge >= 0.3 is 6.03 Å². The van der Waals surface area contributed by atoms with Crippen molar-refractivity contribution in [3.8, 4) is 28.4 Å². The molecule has 1 aliphatic rings. The van der Waals surface area contributed by atoms with Crippen LogP contribution in [0.25, 0.3) is 22.5 Å². The van der Waals surface area contributed by atoms with Crippen molar-refractivity contribution in [2.24, 2.45) is 0 Å². The molecule has 1 aromatic heterocycles. The second-order valence-corrected chi connectivity index (χ2v) is 8.88. The molecule has 3 aromatic rings. The Kier molecular flexibility index (Phi) is 8.02. The minimum absolute atomic E-state index is 0.112. The molecule has 1 heterocycles. The number of hydrogen-bond acceptors (Lipinski definition) is 4. The molecule has 0 saturated heterocycles. The molecule has 172 valence electrons. The van der Waals surface area contributed by atoms with E-state index in [0.717, 1.165) is 29.7 Å². The van der Waals surface area contributed by atoms with Crippen LogP contribution in [0.3, 0.4) is 0 Å². The lowest BCUT2D eigenvalue weighted by atomic mass is 10.0. The molecule has 0 spiro atoms. The average Bonchev–Trinajstić information content (AvgIpc) is 3.33. The number of carbonyl (C=O) groups excluding carboxylic acids is 1. The van der Waals surface area contributed by atoms with Crippen molar-refractivity contribution in [2.45, 2.75) is 38.1 Å². The molecule has 8 heteroatoms. The van der Waals surface area contributed by atoms with Crippen LogP contribution in [0.5, 0.6) is 5.88 Å². The number of amides is 2. The van der Waals surface area contributed by atoms with Crippen molar-refractivity contribution in [3.05, 3.63) is 64.8 Å². The Labute approximate surface area is 203 Å². The normalized spacial score (nSPS) is 13.6. The van der Waals surface area contributed by atoms with E-state index in [4.69, 9.17) is 32.9 Å². The van der Waals surface area contributed by atoms with E-state index >= 15 is 0 Å². The second kappa shape index (κ2) is 11.3. The summed E-state index contributed by atoms with van der Waals surface area (Å²) in [4.78, 5) is 21.3. The molecular weight excluding hydrogens is 459 g/mol. The highest BCUT2D eigenvalue weighted by atomic mass is 35.5. The fourth-order valence-corrected chi connectivity index (χ4v) is 4.08. The molecule has 0 aliphatic heterocycles. The van der Waals surface area contributed by atoms with Gasteiger partial charge in [-0.15, -0.1) is 0 Å². The highest BCUT2D eigenvalue weighted by molar-refractivity contribution is 6.31. The Hall–Kier alpha value is -2.83. The third-order valence-electron chi connectivity index (χ3n) is 5.53. The first-order valence-electron chi connectivity index (χ1n) is 11.1. The molecule has 0 atom stereocenters. The summed E-state index contributed by atoms with van der Waals surface area (Å²) in [7, 11) is 0. The van der Waals surface area contributed by atoms with Gasteiger partial charge in [0, 0.05) is 33.8 Å². The van der Waals surface area contributed by atoms with E-state index in [1.54, 1.807) is 6.20 Å². The molecular formula is C25H26Cl2N4O2. The fraction of sp³-hybridized carbons (Fsp3) is 0.320. The molecule has 2 aromatic carbocycles. The number of hydrogen-bond donors (Lipinski definition) is 2. The lowest BCUT2D eigenvalue weighted by Gasteiger charge is -2.13. The number of nitrogens with one attached hydrogen (secondary N) is 2. The van der Waals surface area contributed by atoms with Gasteiger partial charge in [0.05, 0.1) is 18.5 Å². The zero-order valence-electron chi connectivity index (χ0n) is 18.2. The first kappa shape index (κ1) is 23.3. The Morgan fingerprint density at radius 3 is 2.18 bits per heavy atom. The van der Waals surface area contributed by atoms with E-state index in [1.165, 1.54) is 12.8 Å². The summed E-state index contributed by atoms with van der Waals surface area (Å²) in [6.07, 6.45) is 6.79. The minimum atomic E-state index is -0.112.